The van der Waals surface area contributed by atoms with Gasteiger partial charge in [-0.1, -0.05) is 103 Å². The molecule has 1 aliphatic carbocycles. The maximum absolute atomic E-state index is 14.3. The third-order valence-electron chi connectivity index (χ3n) is 7.72. The number of nitrogens with one attached hydrogen (secondary N) is 1. The molecular weight excluding hydrogens is 629 g/mol. The standard InChI is InChI=1S/C32H36Cl3N3O4S/c1-3-28(32(40)36-24-11-5-4-6-12-24)37(20-23-10-7-8-13-26(23)33)30(39)21-38(29-15-9-14-27(34)31(29)35)43(41,42)25-18-16-22(2)17-19-25/h7-10,13-19,24,28H,3-6,11-12,20-21H2,1-2H3,(H,36,40)/t28-/m0/s1. The fourth-order valence-electron chi connectivity index (χ4n) is 5.31. The molecule has 4 rings (SSSR count). The van der Waals surface area contributed by atoms with E-state index in [1.54, 1.807) is 42.5 Å². The van der Waals surface area contributed by atoms with Crippen LogP contribution in [0.25, 0.3) is 0 Å². The molecule has 2 amide bonds. The van der Waals surface area contributed by atoms with Crippen LogP contribution < -0.4 is 9.62 Å². The molecule has 0 radical (unpaired) electrons. The monoisotopic (exact) mass is 663 g/mol. The predicted molar refractivity (Wildman–Crippen MR) is 173 cm³/mol. The SMILES string of the molecule is CC[C@@H](C(=O)NC1CCCCC1)N(Cc1ccccc1Cl)C(=O)CN(c1cccc(Cl)c1Cl)S(=O)(=O)c1ccc(C)cc1. The summed E-state index contributed by atoms with van der Waals surface area (Å²) in [5.74, 6) is -0.860. The maximum atomic E-state index is 14.3. The van der Waals surface area contributed by atoms with Gasteiger partial charge in [0.05, 0.1) is 20.6 Å². The number of hydrogen-bond donors (Lipinski definition) is 1. The number of anilines is 1. The zero-order valence-electron chi connectivity index (χ0n) is 24.2. The van der Waals surface area contributed by atoms with Gasteiger partial charge in [0.1, 0.15) is 12.6 Å². The summed E-state index contributed by atoms with van der Waals surface area (Å²) in [4.78, 5) is 29.3. The van der Waals surface area contributed by atoms with Crippen molar-refractivity contribution in [1.29, 1.82) is 0 Å². The lowest BCUT2D eigenvalue weighted by atomic mass is 9.95. The van der Waals surface area contributed by atoms with Crippen LogP contribution in [-0.2, 0) is 26.2 Å². The Morgan fingerprint density at radius 2 is 1.56 bits per heavy atom. The van der Waals surface area contributed by atoms with Gasteiger partial charge < -0.3 is 10.2 Å². The molecule has 0 aromatic heterocycles. The number of benzene rings is 3. The topological polar surface area (TPSA) is 86.8 Å². The number of nitrogens with zero attached hydrogens (tertiary/aromatic N) is 2. The first-order valence-corrected chi connectivity index (χ1v) is 17.0. The van der Waals surface area contributed by atoms with Crippen molar-refractivity contribution < 1.29 is 18.0 Å². The molecule has 0 saturated heterocycles. The van der Waals surface area contributed by atoms with E-state index in [1.165, 1.54) is 29.2 Å². The molecule has 0 aliphatic heterocycles. The van der Waals surface area contributed by atoms with E-state index >= 15 is 0 Å². The highest BCUT2D eigenvalue weighted by atomic mass is 35.5. The molecule has 43 heavy (non-hydrogen) atoms. The van der Waals surface area contributed by atoms with Gasteiger partial charge in [-0.2, -0.15) is 0 Å². The molecule has 11 heteroatoms. The Kier molecular flexibility index (Phi) is 11.4. The molecule has 1 N–H and O–H groups in total. The third kappa shape index (κ3) is 8.04. The van der Waals surface area contributed by atoms with Crippen LogP contribution in [0.1, 0.15) is 56.6 Å². The van der Waals surface area contributed by atoms with Gasteiger partial charge in [-0.25, -0.2) is 8.42 Å². The largest absolute Gasteiger partial charge is 0.352 e. The molecule has 0 bridgehead atoms. The molecule has 1 fully saturated rings. The Balaban J connectivity index is 1.75. The first kappa shape index (κ1) is 33.1. The molecule has 1 aliphatic rings. The van der Waals surface area contributed by atoms with Gasteiger partial charge in [-0.3, -0.25) is 13.9 Å². The average Bonchev–Trinajstić information content (AvgIpc) is 2.99. The second kappa shape index (κ2) is 14.8. The highest BCUT2D eigenvalue weighted by molar-refractivity contribution is 7.92. The van der Waals surface area contributed by atoms with Gasteiger partial charge in [-0.05, 0) is 62.1 Å². The Morgan fingerprint density at radius 1 is 0.907 bits per heavy atom. The molecule has 1 saturated carbocycles. The van der Waals surface area contributed by atoms with Crippen molar-refractivity contribution >= 4 is 62.3 Å². The van der Waals surface area contributed by atoms with Crippen LogP contribution in [0.5, 0.6) is 0 Å². The van der Waals surface area contributed by atoms with E-state index in [2.05, 4.69) is 5.32 Å². The molecule has 7 nitrogen and oxygen atoms in total. The van der Waals surface area contributed by atoms with E-state index in [4.69, 9.17) is 34.8 Å². The van der Waals surface area contributed by atoms with Crippen molar-refractivity contribution in [2.75, 3.05) is 10.8 Å². The average molecular weight is 665 g/mol. The maximum Gasteiger partial charge on any atom is 0.264 e. The molecule has 0 spiro atoms. The molecule has 230 valence electrons. The van der Waals surface area contributed by atoms with Crippen molar-refractivity contribution in [1.82, 2.24) is 10.2 Å². The van der Waals surface area contributed by atoms with Crippen LogP contribution in [0.3, 0.4) is 0 Å². The number of aryl methyl sites for hydroxylation is 1. The zero-order chi connectivity index (χ0) is 31.1. The van der Waals surface area contributed by atoms with Crippen molar-refractivity contribution in [2.45, 2.75) is 75.9 Å². The van der Waals surface area contributed by atoms with E-state index in [0.717, 1.165) is 42.0 Å². The van der Waals surface area contributed by atoms with Crippen molar-refractivity contribution in [3.63, 3.8) is 0 Å². The number of rotatable bonds is 11. The van der Waals surface area contributed by atoms with E-state index in [0.29, 0.717) is 17.0 Å². The summed E-state index contributed by atoms with van der Waals surface area (Å²) in [6.07, 6.45) is 5.30. The number of halogens is 3. The molecular formula is C32H36Cl3N3O4S. The van der Waals surface area contributed by atoms with Crippen LogP contribution in [0.4, 0.5) is 5.69 Å². The number of amides is 2. The minimum atomic E-state index is -4.28. The summed E-state index contributed by atoms with van der Waals surface area (Å²) in [5, 5.41) is 3.70. The molecule has 0 unspecified atom stereocenters. The van der Waals surface area contributed by atoms with Crippen molar-refractivity contribution in [3.8, 4) is 0 Å². The molecule has 3 aromatic carbocycles. The smallest absolute Gasteiger partial charge is 0.264 e. The van der Waals surface area contributed by atoms with Crippen LogP contribution in [-0.4, -0.2) is 43.8 Å². The second-order valence-electron chi connectivity index (χ2n) is 10.8. The summed E-state index contributed by atoms with van der Waals surface area (Å²) in [5.41, 5.74) is 1.57. The lowest BCUT2D eigenvalue weighted by Gasteiger charge is -2.34. The Hall–Kier alpha value is -2.78. The summed E-state index contributed by atoms with van der Waals surface area (Å²) in [6, 6.07) is 17.2. The van der Waals surface area contributed by atoms with Gasteiger partial charge in [0.25, 0.3) is 10.0 Å². The van der Waals surface area contributed by atoms with E-state index in [9.17, 15) is 18.0 Å². The fraction of sp³-hybridized carbons (Fsp3) is 0.375. The Morgan fingerprint density at radius 3 is 2.21 bits per heavy atom. The van der Waals surface area contributed by atoms with E-state index < -0.39 is 28.5 Å². The van der Waals surface area contributed by atoms with Crippen LogP contribution in [0, 0.1) is 6.92 Å². The second-order valence-corrected chi connectivity index (χ2v) is 13.8. The summed E-state index contributed by atoms with van der Waals surface area (Å²) >= 11 is 19.3. The summed E-state index contributed by atoms with van der Waals surface area (Å²) < 4.78 is 29.1. The zero-order valence-corrected chi connectivity index (χ0v) is 27.3. The highest BCUT2D eigenvalue weighted by Gasteiger charge is 2.35. The van der Waals surface area contributed by atoms with Gasteiger partial charge >= 0.3 is 0 Å². The van der Waals surface area contributed by atoms with Crippen LogP contribution >= 0.6 is 34.8 Å². The third-order valence-corrected chi connectivity index (χ3v) is 10.7. The molecule has 1 atom stereocenters. The van der Waals surface area contributed by atoms with E-state index in [1.807, 2.05) is 13.8 Å². The lowest BCUT2D eigenvalue weighted by Crippen LogP contribution is -2.54. The van der Waals surface area contributed by atoms with Crippen LogP contribution in [0.2, 0.25) is 15.1 Å². The van der Waals surface area contributed by atoms with Gasteiger partial charge in [0.2, 0.25) is 11.8 Å². The highest BCUT2D eigenvalue weighted by Crippen LogP contribution is 2.36. The van der Waals surface area contributed by atoms with Gasteiger partial charge in [-0.15, -0.1) is 0 Å². The van der Waals surface area contributed by atoms with Crippen LogP contribution in [0.15, 0.2) is 71.6 Å². The predicted octanol–water partition coefficient (Wildman–Crippen LogP) is 7.41. The first-order chi connectivity index (χ1) is 20.5. The molecule has 3 aromatic rings. The number of carbonyl (C=O) groups excluding carboxylic acids is 2. The first-order valence-electron chi connectivity index (χ1n) is 14.4. The van der Waals surface area contributed by atoms with Crippen molar-refractivity contribution in [3.05, 3.63) is 92.9 Å². The van der Waals surface area contributed by atoms with Gasteiger partial charge in [0.15, 0.2) is 0 Å². The molecule has 0 heterocycles. The minimum Gasteiger partial charge on any atom is -0.352 e. The fourth-order valence-corrected chi connectivity index (χ4v) is 7.38. The lowest BCUT2D eigenvalue weighted by molar-refractivity contribution is -0.140. The summed E-state index contributed by atoms with van der Waals surface area (Å²) in [7, 11) is -4.28. The quantitative estimate of drug-likeness (QED) is 0.231. The number of sulfonamides is 1. The normalized spacial score (nSPS) is 14.6. The number of hydrogen-bond acceptors (Lipinski definition) is 4. The minimum absolute atomic E-state index is 0.00705. The number of carbonyl (C=O) groups is 2. The Bertz CT molecular complexity index is 1540. The van der Waals surface area contributed by atoms with Crippen molar-refractivity contribution in [2.24, 2.45) is 0 Å². The van der Waals surface area contributed by atoms with Gasteiger partial charge in [0, 0.05) is 17.6 Å². The Labute approximate surface area is 269 Å². The summed E-state index contributed by atoms with van der Waals surface area (Å²) in [6.45, 7) is 3.07. The van der Waals surface area contributed by atoms with E-state index in [-0.39, 0.29) is 39.1 Å².